The van der Waals surface area contributed by atoms with Crippen molar-refractivity contribution in [2.45, 2.75) is 94.5 Å². The second-order valence-corrected chi connectivity index (χ2v) is 9.78. The molecule has 4 atom stereocenters. The molecular formula is C22H35F6N5O3. The van der Waals surface area contributed by atoms with Gasteiger partial charge in [0, 0.05) is 32.0 Å². The standard InChI is InChI=1S/C22H35F6N5O3/c1-36-16-7-5-13(6-8-16)19(35)31-20(29-15-4-2-3-14(11-15)21(23,24)25)30-18-12-17(22(26,27)28)32-33(18)9-10-34/h13-18,32,34H,2-12H2,1H3,(H2,29,30,31,35). The zero-order chi connectivity index (χ0) is 26.5. The van der Waals surface area contributed by atoms with E-state index < -0.39 is 49.5 Å². The van der Waals surface area contributed by atoms with Gasteiger partial charge in [0.15, 0.2) is 5.96 Å². The van der Waals surface area contributed by atoms with Gasteiger partial charge in [0.2, 0.25) is 5.91 Å². The first-order chi connectivity index (χ1) is 16.9. The number of aliphatic hydroxyl groups excluding tert-OH is 1. The first kappa shape index (κ1) is 28.9. The summed E-state index contributed by atoms with van der Waals surface area (Å²) in [6.45, 7) is -0.583. The molecule has 0 aromatic carbocycles. The second kappa shape index (κ2) is 12.3. The lowest BCUT2D eigenvalue weighted by molar-refractivity contribution is -0.183. The number of ether oxygens (including phenoxy) is 1. The van der Waals surface area contributed by atoms with Crippen LogP contribution in [0.15, 0.2) is 4.99 Å². The average molecular weight is 532 g/mol. The lowest BCUT2D eigenvalue weighted by atomic mass is 9.85. The summed E-state index contributed by atoms with van der Waals surface area (Å²) in [6, 6.07) is -2.55. The van der Waals surface area contributed by atoms with Crippen LogP contribution < -0.4 is 16.1 Å². The SMILES string of the molecule is COC1CCC(C(=O)N/C(=N\C2CC(C(F)(F)F)NN2CCO)NC2CCCC(C(F)(F)F)C2)CC1. The molecule has 1 heterocycles. The van der Waals surface area contributed by atoms with Crippen LogP contribution in [0.5, 0.6) is 0 Å². The predicted molar refractivity (Wildman–Crippen MR) is 118 cm³/mol. The van der Waals surface area contributed by atoms with Crippen LogP contribution in [0.2, 0.25) is 0 Å². The summed E-state index contributed by atoms with van der Waals surface area (Å²) in [5.74, 6) is -2.39. The molecule has 3 aliphatic rings. The number of hydrogen-bond donors (Lipinski definition) is 4. The Hall–Kier alpha value is -1.64. The Bertz CT molecular complexity index is 757. The lowest BCUT2D eigenvalue weighted by Gasteiger charge is -2.33. The van der Waals surface area contributed by atoms with Crippen molar-refractivity contribution in [2.24, 2.45) is 16.8 Å². The van der Waals surface area contributed by atoms with E-state index in [0.29, 0.717) is 38.5 Å². The molecule has 8 nitrogen and oxygen atoms in total. The molecule has 14 heteroatoms. The van der Waals surface area contributed by atoms with Crippen molar-refractivity contribution >= 4 is 11.9 Å². The van der Waals surface area contributed by atoms with Gasteiger partial charge in [-0.15, -0.1) is 0 Å². The fraction of sp³-hybridized carbons (Fsp3) is 0.909. The number of hydrogen-bond acceptors (Lipinski definition) is 6. The molecule has 36 heavy (non-hydrogen) atoms. The molecule has 4 unspecified atom stereocenters. The maximum absolute atomic E-state index is 13.3. The number of hydrazine groups is 1. The molecule has 3 fully saturated rings. The van der Waals surface area contributed by atoms with E-state index in [1.54, 1.807) is 7.11 Å². The molecule has 3 rings (SSSR count). The van der Waals surface area contributed by atoms with E-state index in [-0.39, 0.29) is 43.3 Å². The molecule has 0 aromatic rings. The van der Waals surface area contributed by atoms with E-state index in [4.69, 9.17) is 4.74 Å². The van der Waals surface area contributed by atoms with Gasteiger partial charge >= 0.3 is 12.4 Å². The number of β-amino-alcohol motifs (C(OH)–C–C–N with tert-alkyl or cyclic N) is 1. The van der Waals surface area contributed by atoms with Crippen molar-refractivity contribution in [1.29, 1.82) is 0 Å². The second-order valence-electron chi connectivity index (χ2n) is 9.78. The number of methoxy groups -OCH3 is 1. The number of aliphatic imine (C=N–C) groups is 1. The number of nitrogens with zero attached hydrogens (tertiary/aromatic N) is 2. The van der Waals surface area contributed by atoms with E-state index in [0.717, 1.165) is 5.01 Å². The molecule has 1 aliphatic heterocycles. The van der Waals surface area contributed by atoms with Crippen molar-refractivity contribution < 1.29 is 41.0 Å². The van der Waals surface area contributed by atoms with Crippen LogP contribution in [-0.4, -0.2) is 78.9 Å². The number of alkyl halides is 6. The molecule has 1 saturated heterocycles. The van der Waals surface area contributed by atoms with Crippen LogP contribution in [0.1, 0.15) is 57.8 Å². The van der Waals surface area contributed by atoms with Gasteiger partial charge in [0.05, 0.1) is 18.6 Å². The highest BCUT2D eigenvalue weighted by atomic mass is 19.4. The highest BCUT2D eigenvalue weighted by Gasteiger charge is 2.48. The van der Waals surface area contributed by atoms with Gasteiger partial charge in [-0.25, -0.2) is 15.4 Å². The third-order valence-electron chi connectivity index (χ3n) is 7.24. The first-order valence-electron chi connectivity index (χ1n) is 12.4. The molecular weight excluding hydrogens is 496 g/mol. The highest BCUT2D eigenvalue weighted by molar-refractivity contribution is 5.98. The monoisotopic (exact) mass is 531 g/mol. The third-order valence-corrected chi connectivity index (χ3v) is 7.24. The molecule has 0 aromatic heterocycles. The Balaban J connectivity index is 1.77. The smallest absolute Gasteiger partial charge is 0.395 e. The molecule has 2 aliphatic carbocycles. The van der Waals surface area contributed by atoms with Crippen molar-refractivity contribution in [1.82, 2.24) is 21.1 Å². The summed E-state index contributed by atoms with van der Waals surface area (Å²) >= 11 is 0. The number of rotatable bonds is 6. The zero-order valence-electron chi connectivity index (χ0n) is 20.2. The zero-order valence-corrected chi connectivity index (χ0v) is 20.2. The van der Waals surface area contributed by atoms with Crippen molar-refractivity contribution in [2.75, 3.05) is 20.3 Å². The predicted octanol–water partition coefficient (Wildman–Crippen LogP) is 2.83. The summed E-state index contributed by atoms with van der Waals surface area (Å²) in [7, 11) is 1.60. The number of carbonyl (C=O) groups is 1. The van der Waals surface area contributed by atoms with Crippen molar-refractivity contribution in [3.63, 3.8) is 0 Å². The molecule has 1 amide bonds. The number of aliphatic hydroxyl groups is 1. The van der Waals surface area contributed by atoms with Crippen LogP contribution in [0.4, 0.5) is 26.3 Å². The van der Waals surface area contributed by atoms with Gasteiger partial charge < -0.3 is 15.2 Å². The molecule has 208 valence electrons. The fourth-order valence-electron chi connectivity index (χ4n) is 5.17. The third kappa shape index (κ3) is 7.93. The molecule has 4 N–H and O–H groups in total. The summed E-state index contributed by atoms with van der Waals surface area (Å²) in [4.78, 5) is 17.3. The summed E-state index contributed by atoms with van der Waals surface area (Å²) in [5, 5.41) is 15.9. The highest BCUT2D eigenvalue weighted by Crippen LogP contribution is 2.37. The van der Waals surface area contributed by atoms with E-state index in [1.807, 2.05) is 0 Å². The topological polar surface area (TPSA) is 98.2 Å². The van der Waals surface area contributed by atoms with Crippen molar-refractivity contribution in [3.05, 3.63) is 0 Å². The Morgan fingerprint density at radius 1 is 1.06 bits per heavy atom. The Labute approximate surface area is 206 Å². The van der Waals surface area contributed by atoms with Gasteiger partial charge in [-0.1, -0.05) is 6.42 Å². The molecule has 2 saturated carbocycles. The van der Waals surface area contributed by atoms with Crippen molar-refractivity contribution in [3.8, 4) is 0 Å². The summed E-state index contributed by atoms with van der Waals surface area (Å²) in [5.41, 5.74) is 2.28. The van der Waals surface area contributed by atoms with E-state index >= 15 is 0 Å². The number of halogens is 6. The molecule has 0 spiro atoms. The minimum atomic E-state index is -4.56. The van der Waals surface area contributed by atoms with Gasteiger partial charge in [0.25, 0.3) is 0 Å². The van der Waals surface area contributed by atoms with Crippen LogP contribution >= 0.6 is 0 Å². The Morgan fingerprint density at radius 2 is 1.75 bits per heavy atom. The minimum absolute atomic E-state index is 0.00728. The van der Waals surface area contributed by atoms with Crippen LogP contribution in [0, 0.1) is 11.8 Å². The number of carbonyl (C=O) groups excluding carboxylic acids is 1. The van der Waals surface area contributed by atoms with Gasteiger partial charge in [-0.2, -0.15) is 26.3 Å². The number of amides is 1. The Kier molecular flexibility index (Phi) is 9.86. The lowest BCUT2D eigenvalue weighted by Crippen LogP contribution is -2.51. The fourth-order valence-corrected chi connectivity index (χ4v) is 5.17. The van der Waals surface area contributed by atoms with Gasteiger partial charge in [-0.3, -0.25) is 10.1 Å². The largest absolute Gasteiger partial charge is 0.405 e. The maximum atomic E-state index is 13.3. The van der Waals surface area contributed by atoms with Crippen LogP contribution in [0.25, 0.3) is 0 Å². The summed E-state index contributed by atoms with van der Waals surface area (Å²) < 4.78 is 85.2. The molecule has 0 bridgehead atoms. The quantitative estimate of drug-likeness (QED) is 0.239. The normalized spacial score (nSPS) is 32.9. The first-order valence-corrected chi connectivity index (χ1v) is 12.4. The van der Waals surface area contributed by atoms with Crippen LogP contribution in [0.3, 0.4) is 0 Å². The van der Waals surface area contributed by atoms with Gasteiger partial charge in [0.1, 0.15) is 12.2 Å². The van der Waals surface area contributed by atoms with E-state index in [2.05, 4.69) is 21.1 Å². The average Bonchev–Trinajstić information content (AvgIpc) is 3.22. The van der Waals surface area contributed by atoms with Crippen LogP contribution in [-0.2, 0) is 9.53 Å². The van der Waals surface area contributed by atoms with Gasteiger partial charge in [-0.05, 0) is 44.9 Å². The maximum Gasteiger partial charge on any atom is 0.405 e. The summed E-state index contributed by atoms with van der Waals surface area (Å²) in [6.07, 6.45) is -7.44. The number of guanidine groups is 1. The Morgan fingerprint density at radius 3 is 2.33 bits per heavy atom. The molecule has 0 radical (unpaired) electrons. The minimum Gasteiger partial charge on any atom is -0.395 e. The van der Waals surface area contributed by atoms with E-state index in [1.165, 1.54) is 0 Å². The number of nitrogens with one attached hydrogen (secondary N) is 3. The van der Waals surface area contributed by atoms with E-state index in [9.17, 15) is 36.2 Å².